The van der Waals surface area contributed by atoms with E-state index in [0.717, 1.165) is 24.1 Å². The Bertz CT molecular complexity index is 1220. The van der Waals surface area contributed by atoms with Crippen LogP contribution in [0, 0.1) is 0 Å². The standard InChI is InChI=1S/C28H29Cl2N3O3/c1-4-5-16-36-23-13-8-20(9-14-23)27(34)32-26(17-19-6-11-22(12-7-19)33(2)3)28(35)31-21-10-15-24(29)25(30)18-21/h6-15,17-18H,4-5,16H2,1-3H3,(H,31,35)(H,32,34)/b26-17+. The van der Waals surface area contributed by atoms with Crippen molar-refractivity contribution in [2.45, 2.75) is 19.8 Å². The lowest BCUT2D eigenvalue weighted by Crippen LogP contribution is -2.30. The van der Waals surface area contributed by atoms with E-state index in [0.29, 0.717) is 33.7 Å². The first-order chi connectivity index (χ1) is 17.3. The summed E-state index contributed by atoms with van der Waals surface area (Å²) >= 11 is 12.1. The molecule has 0 atom stereocenters. The summed E-state index contributed by atoms with van der Waals surface area (Å²) in [6, 6.07) is 19.2. The number of carbonyl (C=O) groups is 2. The number of ether oxygens (including phenoxy) is 1. The molecular formula is C28H29Cl2N3O3. The number of hydrogen-bond acceptors (Lipinski definition) is 4. The molecule has 3 aromatic rings. The zero-order valence-corrected chi connectivity index (χ0v) is 22.0. The van der Waals surface area contributed by atoms with Crippen molar-refractivity contribution in [2.24, 2.45) is 0 Å². The van der Waals surface area contributed by atoms with Crippen LogP contribution in [0.5, 0.6) is 5.75 Å². The highest BCUT2D eigenvalue weighted by atomic mass is 35.5. The number of benzene rings is 3. The summed E-state index contributed by atoms with van der Waals surface area (Å²) in [6.45, 7) is 2.71. The molecule has 0 fully saturated rings. The fourth-order valence-electron chi connectivity index (χ4n) is 3.20. The fourth-order valence-corrected chi connectivity index (χ4v) is 3.50. The van der Waals surface area contributed by atoms with Crippen LogP contribution in [0.15, 0.2) is 72.4 Å². The van der Waals surface area contributed by atoms with E-state index in [4.69, 9.17) is 27.9 Å². The van der Waals surface area contributed by atoms with Crippen molar-refractivity contribution in [1.29, 1.82) is 0 Å². The van der Waals surface area contributed by atoms with Gasteiger partial charge in [-0.2, -0.15) is 0 Å². The van der Waals surface area contributed by atoms with Gasteiger partial charge in [0.2, 0.25) is 0 Å². The van der Waals surface area contributed by atoms with Gasteiger partial charge in [-0.15, -0.1) is 0 Å². The summed E-state index contributed by atoms with van der Waals surface area (Å²) in [7, 11) is 3.89. The van der Waals surface area contributed by atoms with Crippen molar-refractivity contribution in [1.82, 2.24) is 5.32 Å². The summed E-state index contributed by atoms with van der Waals surface area (Å²) in [4.78, 5) is 28.1. The van der Waals surface area contributed by atoms with Gasteiger partial charge in [-0.25, -0.2) is 0 Å². The van der Waals surface area contributed by atoms with Gasteiger partial charge in [-0.3, -0.25) is 9.59 Å². The Morgan fingerprint density at radius 3 is 2.25 bits per heavy atom. The highest BCUT2D eigenvalue weighted by Gasteiger charge is 2.16. The number of halogens is 2. The Balaban J connectivity index is 1.82. The van der Waals surface area contributed by atoms with Crippen molar-refractivity contribution < 1.29 is 14.3 Å². The Morgan fingerprint density at radius 1 is 0.944 bits per heavy atom. The smallest absolute Gasteiger partial charge is 0.272 e. The SMILES string of the molecule is CCCCOc1ccc(C(=O)N/C(=C/c2ccc(N(C)C)cc2)C(=O)Nc2ccc(Cl)c(Cl)c2)cc1. The van der Waals surface area contributed by atoms with Gasteiger partial charge in [0.15, 0.2) is 0 Å². The van der Waals surface area contributed by atoms with Crippen LogP contribution in [0.1, 0.15) is 35.7 Å². The molecule has 0 aliphatic heterocycles. The van der Waals surface area contributed by atoms with Gasteiger partial charge in [0.05, 0.1) is 16.7 Å². The first kappa shape index (κ1) is 27.1. The number of nitrogens with one attached hydrogen (secondary N) is 2. The molecule has 3 rings (SSSR count). The van der Waals surface area contributed by atoms with E-state index in [1.165, 1.54) is 0 Å². The lowest BCUT2D eigenvalue weighted by Gasteiger charge is -2.14. The minimum atomic E-state index is -0.502. The van der Waals surface area contributed by atoms with E-state index in [-0.39, 0.29) is 5.70 Å². The summed E-state index contributed by atoms with van der Waals surface area (Å²) in [6.07, 6.45) is 3.62. The molecular weight excluding hydrogens is 497 g/mol. The number of unbranched alkanes of at least 4 members (excludes halogenated alkanes) is 1. The van der Waals surface area contributed by atoms with Gasteiger partial charge in [-0.05, 0) is 72.7 Å². The highest BCUT2D eigenvalue weighted by Crippen LogP contribution is 2.25. The number of hydrogen-bond donors (Lipinski definition) is 2. The van der Waals surface area contributed by atoms with E-state index in [9.17, 15) is 9.59 Å². The Hall–Kier alpha value is -3.48. The predicted octanol–water partition coefficient (Wildman–Crippen LogP) is 6.65. The molecule has 0 radical (unpaired) electrons. The minimum absolute atomic E-state index is 0.0759. The first-order valence-electron chi connectivity index (χ1n) is 11.6. The molecule has 0 saturated heterocycles. The van der Waals surface area contributed by atoms with Crippen LogP contribution in [0.25, 0.3) is 6.08 Å². The number of anilines is 2. The van der Waals surface area contributed by atoms with Crippen molar-refractivity contribution in [3.8, 4) is 5.75 Å². The monoisotopic (exact) mass is 525 g/mol. The molecule has 0 aliphatic carbocycles. The highest BCUT2D eigenvalue weighted by molar-refractivity contribution is 6.42. The molecule has 0 spiro atoms. The maximum absolute atomic E-state index is 13.2. The zero-order valence-electron chi connectivity index (χ0n) is 20.5. The first-order valence-corrected chi connectivity index (χ1v) is 12.3. The fraction of sp³-hybridized carbons (Fsp3) is 0.214. The third-order valence-electron chi connectivity index (χ3n) is 5.27. The molecule has 2 N–H and O–H groups in total. The second-order valence-corrected chi connectivity index (χ2v) is 9.12. The quantitative estimate of drug-likeness (QED) is 0.229. The van der Waals surface area contributed by atoms with Crippen LogP contribution in [0.2, 0.25) is 10.0 Å². The van der Waals surface area contributed by atoms with Gasteiger partial charge < -0.3 is 20.3 Å². The molecule has 6 nitrogen and oxygen atoms in total. The Labute approximate surface area is 221 Å². The molecule has 36 heavy (non-hydrogen) atoms. The molecule has 0 heterocycles. The van der Waals surface area contributed by atoms with Crippen LogP contribution < -0.4 is 20.3 Å². The summed E-state index contributed by atoms with van der Waals surface area (Å²) in [5.41, 5.74) is 2.69. The molecule has 3 aromatic carbocycles. The molecule has 0 aromatic heterocycles. The van der Waals surface area contributed by atoms with E-state index in [1.807, 2.05) is 43.3 Å². The van der Waals surface area contributed by atoms with Crippen molar-refractivity contribution in [3.05, 3.63) is 93.6 Å². The summed E-state index contributed by atoms with van der Waals surface area (Å²) < 4.78 is 5.66. The molecule has 0 saturated carbocycles. The largest absolute Gasteiger partial charge is 0.494 e. The number of nitrogens with zero attached hydrogens (tertiary/aromatic N) is 1. The lowest BCUT2D eigenvalue weighted by molar-refractivity contribution is -0.113. The Kier molecular flexibility index (Phi) is 9.79. The minimum Gasteiger partial charge on any atom is -0.494 e. The average Bonchev–Trinajstić information content (AvgIpc) is 2.86. The van der Waals surface area contributed by atoms with Crippen LogP contribution in [0.3, 0.4) is 0 Å². The van der Waals surface area contributed by atoms with E-state index in [1.54, 1.807) is 48.5 Å². The van der Waals surface area contributed by atoms with Gasteiger partial charge >= 0.3 is 0 Å². The maximum atomic E-state index is 13.2. The molecule has 188 valence electrons. The molecule has 8 heteroatoms. The zero-order chi connectivity index (χ0) is 26.1. The third kappa shape index (κ3) is 7.77. The number of rotatable bonds is 10. The maximum Gasteiger partial charge on any atom is 0.272 e. The van der Waals surface area contributed by atoms with Crippen molar-refractivity contribution in [2.75, 3.05) is 30.9 Å². The van der Waals surface area contributed by atoms with Gasteiger partial charge in [0, 0.05) is 31.0 Å². The summed E-state index contributed by atoms with van der Waals surface area (Å²) in [5.74, 6) is -0.234. The lowest BCUT2D eigenvalue weighted by atomic mass is 10.1. The summed E-state index contributed by atoms with van der Waals surface area (Å²) in [5, 5.41) is 6.18. The van der Waals surface area contributed by atoms with Gasteiger partial charge in [-0.1, -0.05) is 48.7 Å². The molecule has 0 aliphatic rings. The predicted molar refractivity (Wildman–Crippen MR) is 148 cm³/mol. The van der Waals surface area contributed by atoms with Crippen LogP contribution in [-0.4, -0.2) is 32.5 Å². The molecule has 2 amide bonds. The van der Waals surface area contributed by atoms with E-state index in [2.05, 4.69) is 17.6 Å². The second kappa shape index (κ2) is 13.0. The van der Waals surface area contributed by atoms with Crippen LogP contribution in [-0.2, 0) is 4.79 Å². The number of carbonyl (C=O) groups excluding carboxylic acids is 2. The van der Waals surface area contributed by atoms with Crippen molar-refractivity contribution >= 4 is 52.5 Å². The van der Waals surface area contributed by atoms with Gasteiger partial charge in [0.1, 0.15) is 11.4 Å². The number of amides is 2. The van der Waals surface area contributed by atoms with Crippen LogP contribution >= 0.6 is 23.2 Å². The Morgan fingerprint density at radius 2 is 1.64 bits per heavy atom. The molecule has 0 bridgehead atoms. The van der Waals surface area contributed by atoms with Gasteiger partial charge in [0.25, 0.3) is 11.8 Å². The third-order valence-corrected chi connectivity index (χ3v) is 6.01. The molecule has 0 unspecified atom stereocenters. The topological polar surface area (TPSA) is 70.7 Å². The van der Waals surface area contributed by atoms with E-state index < -0.39 is 11.8 Å². The normalized spacial score (nSPS) is 11.1. The second-order valence-electron chi connectivity index (χ2n) is 8.31. The average molecular weight is 526 g/mol. The van der Waals surface area contributed by atoms with E-state index >= 15 is 0 Å². The van der Waals surface area contributed by atoms with Crippen LogP contribution in [0.4, 0.5) is 11.4 Å². The van der Waals surface area contributed by atoms with Crippen molar-refractivity contribution in [3.63, 3.8) is 0 Å².